The second-order valence-electron chi connectivity index (χ2n) is 7.48. The average molecular weight is 327 g/mol. The number of aryl methyl sites for hydroxylation is 1. The number of aromatic hydroxyl groups is 1. The van der Waals surface area contributed by atoms with Crippen molar-refractivity contribution in [1.82, 2.24) is 4.90 Å². The molecule has 1 aliphatic heterocycles. The van der Waals surface area contributed by atoms with E-state index in [1.54, 1.807) is 6.07 Å². The quantitative estimate of drug-likeness (QED) is 0.854. The zero-order chi connectivity index (χ0) is 16.8. The summed E-state index contributed by atoms with van der Waals surface area (Å²) in [5.41, 5.74) is 3.18. The van der Waals surface area contributed by atoms with Gasteiger partial charge in [0.2, 0.25) is 0 Å². The maximum atomic E-state index is 12.1. The molecule has 24 heavy (non-hydrogen) atoms. The van der Waals surface area contributed by atoms with Gasteiger partial charge in [0, 0.05) is 41.2 Å². The first kappa shape index (κ1) is 15.7. The monoisotopic (exact) mass is 327 g/mol. The minimum Gasteiger partial charge on any atom is -0.507 e. The summed E-state index contributed by atoms with van der Waals surface area (Å²) in [6.07, 6.45) is 6.45. The first-order valence-electron chi connectivity index (χ1n) is 9.11. The van der Waals surface area contributed by atoms with Crippen LogP contribution in [0, 0.1) is 0 Å². The summed E-state index contributed by atoms with van der Waals surface area (Å²) in [5.74, 6) is 0.230. The molecular formula is C20H25NO3. The van der Waals surface area contributed by atoms with E-state index in [0.29, 0.717) is 17.7 Å². The minimum absolute atomic E-state index is 0.230. The summed E-state index contributed by atoms with van der Waals surface area (Å²) in [4.78, 5) is 14.5. The Labute approximate surface area is 142 Å². The molecule has 1 aromatic heterocycles. The Balaban J connectivity index is 1.77. The van der Waals surface area contributed by atoms with Crippen LogP contribution in [0.1, 0.15) is 56.2 Å². The topological polar surface area (TPSA) is 53.7 Å². The summed E-state index contributed by atoms with van der Waals surface area (Å²) < 4.78 is 5.44. The normalized spacial score (nSPS) is 24.4. The third-order valence-corrected chi connectivity index (χ3v) is 5.90. The number of fused-ring (bicyclic) bond motifs is 3. The summed E-state index contributed by atoms with van der Waals surface area (Å²) in [6.45, 7) is 5.28. The lowest BCUT2D eigenvalue weighted by Gasteiger charge is -2.39. The highest BCUT2D eigenvalue weighted by atomic mass is 16.4. The Morgan fingerprint density at radius 1 is 1.12 bits per heavy atom. The Hall–Kier alpha value is -1.81. The molecule has 1 saturated heterocycles. The Morgan fingerprint density at radius 3 is 2.58 bits per heavy atom. The van der Waals surface area contributed by atoms with Crippen LogP contribution in [0.15, 0.2) is 21.3 Å². The van der Waals surface area contributed by atoms with E-state index in [0.717, 1.165) is 47.9 Å². The van der Waals surface area contributed by atoms with Gasteiger partial charge in [-0.3, -0.25) is 4.90 Å². The highest BCUT2D eigenvalue weighted by Crippen LogP contribution is 2.34. The Kier molecular flexibility index (Phi) is 3.87. The van der Waals surface area contributed by atoms with Gasteiger partial charge in [-0.1, -0.05) is 6.42 Å². The molecule has 0 saturated carbocycles. The number of phenols is 1. The fourth-order valence-electron chi connectivity index (χ4n) is 4.47. The molecule has 1 aliphatic carbocycles. The fraction of sp³-hybridized carbons (Fsp3) is 0.550. The van der Waals surface area contributed by atoms with Crippen LogP contribution < -0.4 is 5.63 Å². The lowest BCUT2D eigenvalue weighted by atomic mass is 9.96. The predicted octanol–water partition coefficient (Wildman–Crippen LogP) is 3.75. The van der Waals surface area contributed by atoms with E-state index in [9.17, 15) is 9.90 Å². The van der Waals surface area contributed by atoms with Gasteiger partial charge in [-0.15, -0.1) is 0 Å². The number of piperidine rings is 1. The van der Waals surface area contributed by atoms with Gasteiger partial charge in [0.15, 0.2) is 0 Å². The largest absolute Gasteiger partial charge is 0.507 e. The van der Waals surface area contributed by atoms with Crippen molar-refractivity contribution in [1.29, 1.82) is 0 Å². The SMILES string of the molecule is C[C@H]1CCC[C@H](C)N1Cc1cc2c3c(c(=O)oc2cc1O)CCC3. The Bertz CT molecular complexity index is 829. The molecule has 2 aromatic rings. The zero-order valence-corrected chi connectivity index (χ0v) is 14.5. The maximum Gasteiger partial charge on any atom is 0.339 e. The zero-order valence-electron chi connectivity index (χ0n) is 14.5. The first-order chi connectivity index (χ1) is 11.5. The van der Waals surface area contributed by atoms with E-state index >= 15 is 0 Å². The summed E-state index contributed by atoms with van der Waals surface area (Å²) in [6, 6.07) is 4.74. The van der Waals surface area contributed by atoms with Crippen LogP contribution in [0.3, 0.4) is 0 Å². The molecular weight excluding hydrogens is 302 g/mol. The van der Waals surface area contributed by atoms with Gasteiger partial charge in [-0.05, 0) is 57.6 Å². The van der Waals surface area contributed by atoms with Crippen LogP contribution >= 0.6 is 0 Å². The molecule has 2 atom stereocenters. The van der Waals surface area contributed by atoms with E-state index in [-0.39, 0.29) is 11.4 Å². The minimum atomic E-state index is -0.236. The number of nitrogens with zero attached hydrogens (tertiary/aromatic N) is 1. The van der Waals surface area contributed by atoms with Crippen molar-refractivity contribution < 1.29 is 9.52 Å². The second kappa shape index (κ2) is 5.92. The number of phenolic OH excluding ortho intramolecular Hbond substituents is 1. The van der Waals surface area contributed by atoms with Gasteiger partial charge in [0.05, 0.1) is 0 Å². The van der Waals surface area contributed by atoms with E-state index in [2.05, 4.69) is 18.7 Å². The van der Waals surface area contributed by atoms with Gasteiger partial charge in [-0.25, -0.2) is 4.79 Å². The van der Waals surface area contributed by atoms with Crippen molar-refractivity contribution >= 4 is 11.0 Å². The smallest absolute Gasteiger partial charge is 0.339 e. The summed E-state index contributed by atoms with van der Waals surface area (Å²) in [7, 11) is 0. The van der Waals surface area contributed by atoms with Crippen molar-refractivity contribution in [3.05, 3.63) is 39.2 Å². The van der Waals surface area contributed by atoms with Gasteiger partial charge in [0.25, 0.3) is 0 Å². The third-order valence-electron chi connectivity index (χ3n) is 5.90. The maximum absolute atomic E-state index is 12.1. The molecule has 1 fully saturated rings. The van der Waals surface area contributed by atoms with Crippen LogP contribution in [-0.2, 0) is 19.4 Å². The van der Waals surface area contributed by atoms with Crippen molar-refractivity contribution in [2.75, 3.05) is 0 Å². The lowest BCUT2D eigenvalue weighted by molar-refractivity contribution is 0.0944. The molecule has 4 nitrogen and oxygen atoms in total. The molecule has 0 bridgehead atoms. The first-order valence-corrected chi connectivity index (χ1v) is 9.11. The molecule has 1 aromatic carbocycles. The van der Waals surface area contributed by atoms with E-state index in [1.165, 1.54) is 19.3 Å². The van der Waals surface area contributed by atoms with Crippen LogP contribution in [0.25, 0.3) is 11.0 Å². The standard InChI is InChI=1S/C20H25NO3/c1-12-5-3-6-13(2)21(12)11-14-9-17-15-7-4-8-16(15)20(23)24-19(17)10-18(14)22/h9-10,12-13,22H,3-8,11H2,1-2H3/t12-,13-/m0/s1. The van der Waals surface area contributed by atoms with Crippen molar-refractivity contribution in [2.24, 2.45) is 0 Å². The number of rotatable bonds is 2. The molecule has 4 heteroatoms. The number of benzene rings is 1. The van der Waals surface area contributed by atoms with E-state index in [1.807, 2.05) is 6.07 Å². The van der Waals surface area contributed by atoms with Crippen LogP contribution in [0.4, 0.5) is 0 Å². The van der Waals surface area contributed by atoms with Crippen LogP contribution in [0.5, 0.6) is 5.75 Å². The number of likely N-dealkylation sites (tertiary alicyclic amines) is 1. The van der Waals surface area contributed by atoms with E-state index < -0.39 is 0 Å². The number of hydrogen-bond donors (Lipinski definition) is 1. The molecule has 0 radical (unpaired) electrons. The van der Waals surface area contributed by atoms with Crippen molar-refractivity contribution in [3.63, 3.8) is 0 Å². The third kappa shape index (κ3) is 2.53. The van der Waals surface area contributed by atoms with Gasteiger partial charge >= 0.3 is 5.63 Å². The molecule has 2 aliphatic rings. The van der Waals surface area contributed by atoms with Crippen molar-refractivity contribution in [3.8, 4) is 5.75 Å². The van der Waals surface area contributed by atoms with Gasteiger partial charge in [0.1, 0.15) is 11.3 Å². The molecule has 4 rings (SSSR count). The van der Waals surface area contributed by atoms with Crippen LogP contribution in [-0.4, -0.2) is 22.1 Å². The second-order valence-corrected chi connectivity index (χ2v) is 7.48. The fourth-order valence-corrected chi connectivity index (χ4v) is 4.47. The highest BCUT2D eigenvalue weighted by Gasteiger charge is 2.26. The lowest BCUT2D eigenvalue weighted by Crippen LogP contribution is -2.42. The predicted molar refractivity (Wildman–Crippen MR) is 94.5 cm³/mol. The molecule has 0 amide bonds. The summed E-state index contributed by atoms with van der Waals surface area (Å²) in [5, 5.41) is 11.5. The van der Waals surface area contributed by atoms with Gasteiger partial charge in [-0.2, -0.15) is 0 Å². The molecule has 2 heterocycles. The average Bonchev–Trinajstić information content (AvgIpc) is 3.02. The van der Waals surface area contributed by atoms with Gasteiger partial charge < -0.3 is 9.52 Å². The molecule has 1 N–H and O–H groups in total. The highest BCUT2D eigenvalue weighted by molar-refractivity contribution is 5.84. The van der Waals surface area contributed by atoms with E-state index in [4.69, 9.17) is 4.42 Å². The summed E-state index contributed by atoms with van der Waals surface area (Å²) >= 11 is 0. The molecule has 0 unspecified atom stereocenters. The number of hydrogen-bond acceptors (Lipinski definition) is 4. The van der Waals surface area contributed by atoms with Crippen LogP contribution in [0.2, 0.25) is 0 Å². The molecule has 0 spiro atoms. The molecule has 128 valence electrons. The Morgan fingerprint density at radius 2 is 1.83 bits per heavy atom. The van der Waals surface area contributed by atoms with Crippen molar-refractivity contribution in [2.45, 2.75) is 71.0 Å².